The van der Waals surface area contributed by atoms with Crippen molar-refractivity contribution in [3.63, 3.8) is 0 Å². The van der Waals surface area contributed by atoms with Crippen LogP contribution in [0, 0.1) is 0 Å². The molecule has 0 bridgehead atoms. The Hall–Kier alpha value is -0.120. The van der Waals surface area contributed by atoms with Crippen molar-refractivity contribution in [2.75, 3.05) is 26.2 Å². The molecule has 0 rings (SSSR count). The van der Waals surface area contributed by atoms with Crippen LogP contribution in [0.5, 0.6) is 0 Å². The summed E-state index contributed by atoms with van der Waals surface area (Å²) in [6, 6.07) is 2.52. The van der Waals surface area contributed by atoms with E-state index < -0.39 is 0 Å². The van der Waals surface area contributed by atoms with Crippen molar-refractivity contribution >= 4 is 0 Å². The van der Waals surface area contributed by atoms with Crippen LogP contribution in [0.3, 0.4) is 0 Å². The van der Waals surface area contributed by atoms with E-state index in [2.05, 4.69) is 70.5 Å². The summed E-state index contributed by atoms with van der Waals surface area (Å²) in [5.41, 5.74) is 0. The lowest BCUT2D eigenvalue weighted by Crippen LogP contribution is -2.44. The number of nitrogens with one attached hydrogen (secondary N) is 1. The molecule has 0 saturated carbocycles. The van der Waals surface area contributed by atoms with Crippen LogP contribution in [0.4, 0.5) is 0 Å². The molecule has 0 saturated heterocycles. The molecule has 3 nitrogen and oxygen atoms in total. The van der Waals surface area contributed by atoms with E-state index in [-0.39, 0.29) is 0 Å². The van der Waals surface area contributed by atoms with Crippen LogP contribution in [0.2, 0.25) is 0 Å². The molecule has 3 heteroatoms. The Morgan fingerprint density at radius 1 is 0.579 bits per heavy atom. The van der Waals surface area contributed by atoms with Crippen molar-refractivity contribution in [2.24, 2.45) is 0 Å². The molecule has 0 heterocycles. The van der Waals surface area contributed by atoms with Crippen LogP contribution in [-0.4, -0.2) is 60.1 Å². The summed E-state index contributed by atoms with van der Waals surface area (Å²) in [4.78, 5) is 5.07. The molecule has 0 aliphatic rings. The monoisotopic (exact) mass is 271 g/mol. The van der Waals surface area contributed by atoms with Crippen LogP contribution in [0.25, 0.3) is 0 Å². The maximum Gasteiger partial charge on any atom is 0.0112 e. The van der Waals surface area contributed by atoms with Gasteiger partial charge in [0.2, 0.25) is 0 Å². The second kappa shape index (κ2) is 9.73. The minimum Gasteiger partial charge on any atom is -0.314 e. The third-order valence-corrected chi connectivity index (χ3v) is 3.75. The highest BCUT2D eigenvalue weighted by Gasteiger charge is 2.14. The summed E-state index contributed by atoms with van der Waals surface area (Å²) in [7, 11) is 0. The van der Waals surface area contributed by atoms with Gasteiger partial charge >= 0.3 is 0 Å². The fraction of sp³-hybridized carbons (Fsp3) is 1.00. The van der Waals surface area contributed by atoms with Gasteiger partial charge in [0.15, 0.2) is 0 Å². The lowest BCUT2D eigenvalue weighted by atomic mass is 10.2. The van der Waals surface area contributed by atoms with Crippen molar-refractivity contribution in [3.8, 4) is 0 Å². The Kier molecular flexibility index (Phi) is 9.67. The zero-order valence-corrected chi connectivity index (χ0v) is 14.5. The highest BCUT2D eigenvalue weighted by atomic mass is 15.2. The van der Waals surface area contributed by atoms with Gasteiger partial charge in [-0.2, -0.15) is 0 Å². The summed E-state index contributed by atoms with van der Waals surface area (Å²) < 4.78 is 0. The summed E-state index contributed by atoms with van der Waals surface area (Å²) in [6.07, 6.45) is 0. The fourth-order valence-corrected chi connectivity index (χ4v) is 2.77. The average Bonchev–Trinajstić information content (AvgIpc) is 2.25. The van der Waals surface area contributed by atoms with Crippen LogP contribution >= 0.6 is 0 Å². The molecule has 0 aliphatic heterocycles. The van der Waals surface area contributed by atoms with Gasteiger partial charge in [-0.3, -0.25) is 9.80 Å². The van der Waals surface area contributed by atoms with Crippen LogP contribution in [0.1, 0.15) is 55.4 Å². The molecule has 0 aromatic carbocycles. The largest absolute Gasteiger partial charge is 0.314 e. The first-order chi connectivity index (χ1) is 8.77. The quantitative estimate of drug-likeness (QED) is 0.616. The van der Waals surface area contributed by atoms with E-state index in [4.69, 9.17) is 0 Å². The molecule has 0 fully saturated rings. The molecule has 0 aromatic rings. The number of hydrogen-bond donors (Lipinski definition) is 1. The SMILES string of the molecule is CC(C)N(CCNCCN(C(C)C)C(C)C)C(C)C. The topological polar surface area (TPSA) is 18.5 Å². The van der Waals surface area contributed by atoms with Crippen molar-refractivity contribution in [2.45, 2.75) is 79.6 Å². The summed E-state index contributed by atoms with van der Waals surface area (Å²) in [6.45, 7) is 22.7. The van der Waals surface area contributed by atoms with Gasteiger partial charge in [-0.25, -0.2) is 0 Å². The molecule has 0 spiro atoms. The summed E-state index contributed by atoms with van der Waals surface area (Å²) >= 11 is 0. The molecule has 0 unspecified atom stereocenters. The minimum atomic E-state index is 0.629. The normalized spacial score (nSPS) is 12.9. The van der Waals surface area contributed by atoms with E-state index >= 15 is 0 Å². The highest BCUT2D eigenvalue weighted by Crippen LogP contribution is 2.04. The zero-order valence-electron chi connectivity index (χ0n) is 14.5. The molecule has 0 atom stereocenters. The summed E-state index contributed by atoms with van der Waals surface area (Å²) in [5.74, 6) is 0. The number of hydrogen-bond acceptors (Lipinski definition) is 3. The van der Waals surface area contributed by atoms with Gasteiger partial charge in [-0.1, -0.05) is 0 Å². The van der Waals surface area contributed by atoms with Gasteiger partial charge < -0.3 is 5.32 Å². The van der Waals surface area contributed by atoms with Gasteiger partial charge in [-0.15, -0.1) is 0 Å². The Balaban J connectivity index is 3.85. The minimum absolute atomic E-state index is 0.629. The Morgan fingerprint density at radius 2 is 0.842 bits per heavy atom. The first kappa shape index (κ1) is 18.9. The first-order valence-electron chi connectivity index (χ1n) is 7.99. The van der Waals surface area contributed by atoms with Crippen molar-refractivity contribution < 1.29 is 0 Å². The molecule has 0 radical (unpaired) electrons. The van der Waals surface area contributed by atoms with E-state index in [9.17, 15) is 0 Å². The van der Waals surface area contributed by atoms with Crippen LogP contribution < -0.4 is 5.32 Å². The molecule has 0 amide bonds. The average molecular weight is 271 g/mol. The Morgan fingerprint density at radius 3 is 1.05 bits per heavy atom. The van der Waals surface area contributed by atoms with Crippen LogP contribution in [-0.2, 0) is 0 Å². The first-order valence-corrected chi connectivity index (χ1v) is 7.99. The molecular formula is C16H37N3. The van der Waals surface area contributed by atoms with Gasteiger partial charge in [0.1, 0.15) is 0 Å². The van der Waals surface area contributed by atoms with E-state index in [1.807, 2.05) is 0 Å². The van der Waals surface area contributed by atoms with E-state index in [1.165, 1.54) is 0 Å². The third kappa shape index (κ3) is 7.91. The fourth-order valence-electron chi connectivity index (χ4n) is 2.77. The van der Waals surface area contributed by atoms with Crippen molar-refractivity contribution in [1.29, 1.82) is 0 Å². The second-order valence-corrected chi connectivity index (χ2v) is 6.60. The second-order valence-electron chi connectivity index (χ2n) is 6.60. The van der Waals surface area contributed by atoms with Crippen LogP contribution in [0.15, 0.2) is 0 Å². The van der Waals surface area contributed by atoms with E-state index in [0.717, 1.165) is 26.2 Å². The molecule has 116 valence electrons. The molecule has 0 aromatic heterocycles. The van der Waals surface area contributed by atoms with E-state index in [1.54, 1.807) is 0 Å². The number of nitrogens with zero attached hydrogens (tertiary/aromatic N) is 2. The van der Waals surface area contributed by atoms with Gasteiger partial charge in [0, 0.05) is 50.3 Å². The molecular weight excluding hydrogens is 234 g/mol. The lowest BCUT2D eigenvalue weighted by molar-refractivity contribution is 0.164. The van der Waals surface area contributed by atoms with Crippen molar-refractivity contribution in [1.82, 2.24) is 15.1 Å². The zero-order chi connectivity index (χ0) is 15.0. The smallest absolute Gasteiger partial charge is 0.0112 e. The summed E-state index contributed by atoms with van der Waals surface area (Å²) in [5, 5.41) is 3.58. The van der Waals surface area contributed by atoms with E-state index in [0.29, 0.717) is 24.2 Å². The maximum absolute atomic E-state index is 3.58. The standard InChI is InChI=1S/C16H37N3/c1-13(2)18(14(3)4)11-9-17-10-12-19(15(5)6)16(7)8/h13-17H,9-12H2,1-8H3. The Bertz CT molecular complexity index is 174. The van der Waals surface area contributed by atoms with Crippen molar-refractivity contribution in [3.05, 3.63) is 0 Å². The highest BCUT2D eigenvalue weighted by molar-refractivity contribution is 4.70. The van der Waals surface area contributed by atoms with Gasteiger partial charge in [0.25, 0.3) is 0 Å². The Labute approximate surface area is 121 Å². The number of rotatable bonds is 10. The predicted molar refractivity (Wildman–Crippen MR) is 86.8 cm³/mol. The van der Waals surface area contributed by atoms with Gasteiger partial charge in [-0.05, 0) is 55.4 Å². The molecule has 19 heavy (non-hydrogen) atoms. The third-order valence-electron chi connectivity index (χ3n) is 3.75. The van der Waals surface area contributed by atoms with Gasteiger partial charge in [0.05, 0.1) is 0 Å². The molecule has 0 aliphatic carbocycles. The predicted octanol–water partition coefficient (Wildman–Crippen LogP) is 2.81. The lowest BCUT2D eigenvalue weighted by Gasteiger charge is -2.32. The maximum atomic E-state index is 3.58. The molecule has 1 N–H and O–H groups in total.